The molecule has 1 radical (unpaired) electrons. The van der Waals surface area contributed by atoms with Crippen molar-refractivity contribution in [3.05, 3.63) is 65.7 Å². The fourth-order valence-electron chi connectivity index (χ4n) is 2.12. The van der Waals surface area contributed by atoms with Crippen molar-refractivity contribution in [1.29, 1.82) is 0 Å². The number of hydrogen-bond acceptors (Lipinski definition) is 7. The Hall–Kier alpha value is -1.97. The van der Waals surface area contributed by atoms with Crippen LogP contribution in [0.5, 0.6) is 0 Å². The van der Waals surface area contributed by atoms with Crippen molar-refractivity contribution in [3.63, 3.8) is 0 Å². The van der Waals surface area contributed by atoms with Crippen molar-refractivity contribution in [1.82, 2.24) is 10.6 Å². The fraction of sp³-hybridized carbons (Fsp3) is 0.158. The second-order valence-electron chi connectivity index (χ2n) is 5.30. The topological polar surface area (TPSA) is 73.5 Å². The van der Waals surface area contributed by atoms with Crippen molar-refractivity contribution in [3.8, 4) is 0 Å². The molecule has 2 aromatic carbocycles. The third-order valence-electron chi connectivity index (χ3n) is 3.54. The summed E-state index contributed by atoms with van der Waals surface area (Å²) in [6.45, 7) is 0. The summed E-state index contributed by atoms with van der Waals surface area (Å²) < 4.78 is 0. The predicted molar refractivity (Wildman–Crippen MR) is 125 cm³/mol. The van der Waals surface area contributed by atoms with E-state index in [1.54, 1.807) is 25.9 Å². The van der Waals surface area contributed by atoms with E-state index in [0.29, 0.717) is 11.4 Å². The van der Waals surface area contributed by atoms with Crippen LogP contribution in [0.25, 0.3) is 0 Å². The standard InChI is InChI=1S/C19H22N6S3.Cu/c1-20-18(26)24-22-16(13-7-5-4-6-8-13)17(23-25-19(27)21-2)14-9-11-15(28-3)12-10-14;/h4-12H,1-3H3,(H2,20,24,26)(H2,21,25,27);/q;+2/p-2. The summed E-state index contributed by atoms with van der Waals surface area (Å²) in [7, 11) is 3.39. The molecule has 0 saturated heterocycles. The van der Waals surface area contributed by atoms with Crippen molar-refractivity contribution in [2.45, 2.75) is 4.90 Å². The third-order valence-corrected chi connectivity index (χ3v) is 4.86. The second-order valence-corrected chi connectivity index (χ2v) is 6.96. The van der Waals surface area contributed by atoms with E-state index < -0.39 is 0 Å². The smallest absolute Gasteiger partial charge is 0.741 e. The Balaban J connectivity index is 0.00000420. The molecule has 29 heavy (non-hydrogen) atoms. The molecule has 0 unspecified atom stereocenters. The Labute approximate surface area is 197 Å². The van der Waals surface area contributed by atoms with Crippen LogP contribution in [0.3, 0.4) is 0 Å². The van der Waals surface area contributed by atoms with E-state index in [4.69, 9.17) is 25.3 Å². The SMILES string of the molecule is CNC([S-])=NN=C(C(=NN=C([S-])NC)c1ccc(SC)cc1)c1ccccc1.[Cu+2]. The third kappa shape index (κ3) is 7.75. The maximum Gasteiger partial charge on any atom is 2.00 e. The van der Waals surface area contributed by atoms with Crippen LogP contribution in [0.4, 0.5) is 0 Å². The molecule has 0 aliphatic rings. The van der Waals surface area contributed by atoms with Gasteiger partial charge in [-0.25, -0.2) is 0 Å². The summed E-state index contributed by atoms with van der Waals surface area (Å²) in [4.78, 5) is 1.14. The average molecular weight is 492 g/mol. The molecule has 0 fully saturated rings. The molecule has 2 rings (SSSR count). The minimum atomic E-state index is 0. The van der Waals surface area contributed by atoms with Gasteiger partial charge in [-0.15, -0.1) is 22.0 Å². The molecule has 0 spiro atoms. The van der Waals surface area contributed by atoms with E-state index in [-0.39, 0.29) is 27.4 Å². The molecule has 155 valence electrons. The Morgan fingerprint density at radius 3 is 1.59 bits per heavy atom. The van der Waals surface area contributed by atoms with Crippen LogP contribution >= 0.6 is 11.8 Å². The summed E-state index contributed by atoms with van der Waals surface area (Å²) >= 11 is 11.9. The molecule has 0 amide bonds. The van der Waals surface area contributed by atoms with Crippen LogP contribution in [0, 0.1) is 0 Å². The maximum absolute atomic E-state index is 5.11. The van der Waals surface area contributed by atoms with Crippen molar-refractivity contribution < 1.29 is 17.1 Å². The van der Waals surface area contributed by atoms with Gasteiger partial charge in [-0.1, -0.05) is 42.5 Å². The first kappa shape index (κ1) is 25.1. The zero-order valence-corrected chi connectivity index (χ0v) is 19.4. The number of thioether (sulfide) groups is 1. The minimum absolute atomic E-state index is 0. The zero-order valence-electron chi connectivity index (χ0n) is 16.0. The molecular weight excluding hydrogens is 472 g/mol. The zero-order chi connectivity index (χ0) is 20.4. The summed E-state index contributed by atoms with van der Waals surface area (Å²) in [6.07, 6.45) is 2.03. The molecule has 10 heteroatoms. The molecule has 0 heterocycles. The minimum Gasteiger partial charge on any atom is -0.741 e. The van der Waals surface area contributed by atoms with Crippen molar-refractivity contribution in [2.24, 2.45) is 20.4 Å². The summed E-state index contributed by atoms with van der Waals surface area (Å²) in [5.74, 6) is 0. The Morgan fingerprint density at radius 2 is 1.17 bits per heavy atom. The first-order valence-electron chi connectivity index (χ1n) is 8.30. The molecular formula is C19H20CuN6S3. The van der Waals surface area contributed by atoms with Gasteiger partial charge in [0.1, 0.15) is 11.4 Å². The number of nitrogens with zero attached hydrogens (tertiary/aromatic N) is 4. The van der Waals surface area contributed by atoms with Gasteiger partial charge in [0.05, 0.1) is 0 Å². The first-order chi connectivity index (χ1) is 13.6. The van der Waals surface area contributed by atoms with Gasteiger partial charge in [-0.05, 0) is 28.7 Å². The molecule has 0 aliphatic carbocycles. The molecule has 0 aromatic heterocycles. The Morgan fingerprint density at radius 1 is 0.724 bits per heavy atom. The number of benzene rings is 2. The van der Waals surface area contributed by atoms with Gasteiger partial charge in [0.15, 0.2) is 0 Å². The van der Waals surface area contributed by atoms with E-state index >= 15 is 0 Å². The number of amidine groups is 2. The summed E-state index contributed by atoms with van der Waals surface area (Å²) in [6, 6.07) is 17.6. The van der Waals surface area contributed by atoms with E-state index in [1.807, 2.05) is 60.9 Å². The van der Waals surface area contributed by atoms with Gasteiger partial charge in [-0.3, -0.25) is 0 Å². The molecule has 6 nitrogen and oxygen atoms in total. The molecule has 0 aliphatic heterocycles. The molecule has 0 saturated carbocycles. The predicted octanol–water partition coefficient (Wildman–Crippen LogP) is 2.76. The molecule has 0 bridgehead atoms. The average Bonchev–Trinajstić information content (AvgIpc) is 2.76. The number of rotatable bonds is 6. The molecule has 2 N–H and O–H groups in total. The fourth-order valence-corrected chi connectivity index (χ4v) is 2.61. The van der Waals surface area contributed by atoms with Crippen LogP contribution in [0.15, 0.2) is 79.9 Å². The van der Waals surface area contributed by atoms with Crippen LogP contribution in [0.2, 0.25) is 0 Å². The van der Waals surface area contributed by atoms with Gasteiger partial charge in [0, 0.05) is 30.1 Å². The first-order valence-corrected chi connectivity index (χ1v) is 10.3. The molecule has 2 aromatic rings. The van der Waals surface area contributed by atoms with Gasteiger partial charge in [0.2, 0.25) is 0 Å². The summed E-state index contributed by atoms with van der Waals surface area (Å²) in [5.41, 5.74) is 2.76. The van der Waals surface area contributed by atoms with Crippen LogP contribution in [0.1, 0.15) is 11.1 Å². The van der Waals surface area contributed by atoms with E-state index in [0.717, 1.165) is 16.0 Å². The van der Waals surface area contributed by atoms with Crippen LogP contribution < -0.4 is 10.6 Å². The van der Waals surface area contributed by atoms with Crippen molar-refractivity contribution >= 4 is 58.8 Å². The monoisotopic (exact) mass is 491 g/mol. The van der Waals surface area contributed by atoms with Crippen LogP contribution in [-0.2, 0) is 42.3 Å². The maximum atomic E-state index is 5.11. The Kier molecular flexibility index (Phi) is 11.5. The number of hydrogen-bond donors (Lipinski definition) is 2. The normalized spacial score (nSPS) is 12.9. The van der Waals surface area contributed by atoms with E-state index in [9.17, 15) is 0 Å². The quantitative estimate of drug-likeness (QED) is 0.162. The molecule has 0 atom stereocenters. The van der Waals surface area contributed by atoms with E-state index in [2.05, 4.69) is 31.0 Å². The van der Waals surface area contributed by atoms with Gasteiger partial charge in [-0.2, -0.15) is 10.2 Å². The largest absolute Gasteiger partial charge is 2.00 e. The Bertz CT molecular complexity index is 896. The summed E-state index contributed by atoms with van der Waals surface area (Å²) in [5, 5.41) is 23.0. The van der Waals surface area contributed by atoms with Gasteiger partial charge < -0.3 is 35.9 Å². The van der Waals surface area contributed by atoms with Gasteiger partial charge >= 0.3 is 17.1 Å². The number of nitrogens with one attached hydrogen (secondary N) is 2. The van der Waals surface area contributed by atoms with Crippen LogP contribution in [-0.4, -0.2) is 42.1 Å². The second kappa shape index (κ2) is 13.3. The van der Waals surface area contributed by atoms with E-state index in [1.165, 1.54) is 0 Å². The van der Waals surface area contributed by atoms with Gasteiger partial charge in [0.25, 0.3) is 0 Å². The van der Waals surface area contributed by atoms with Crippen molar-refractivity contribution in [2.75, 3.05) is 20.4 Å².